The smallest absolute Gasteiger partial charge is 0.164 e. The highest BCUT2D eigenvalue weighted by Gasteiger charge is 2.11. The van der Waals surface area contributed by atoms with Gasteiger partial charge in [0.25, 0.3) is 0 Å². The highest BCUT2D eigenvalue weighted by Crippen LogP contribution is 2.20. The van der Waals surface area contributed by atoms with E-state index in [2.05, 4.69) is 15.9 Å². The van der Waals surface area contributed by atoms with Gasteiger partial charge in [-0.25, -0.2) is 4.39 Å². The van der Waals surface area contributed by atoms with Crippen molar-refractivity contribution in [3.63, 3.8) is 0 Å². The van der Waals surface area contributed by atoms with Crippen LogP contribution in [0.15, 0.2) is 39.5 Å². The molecule has 0 unspecified atom stereocenters. The molecule has 0 fully saturated rings. The molecule has 1 nitrogen and oxygen atoms in total. The Labute approximate surface area is 111 Å². The van der Waals surface area contributed by atoms with Gasteiger partial charge in [0.05, 0.1) is 0 Å². The fraction of sp³-hybridized carbons (Fsp3) is 0.154. The minimum atomic E-state index is -0.382. The monoisotopic (exact) mass is 312 g/mol. The van der Waals surface area contributed by atoms with Gasteiger partial charge in [0.2, 0.25) is 0 Å². The van der Waals surface area contributed by atoms with Crippen LogP contribution >= 0.6 is 27.3 Å². The lowest BCUT2D eigenvalue weighted by Gasteiger charge is -2.03. The molecule has 0 saturated carbocycles. The van der Waals surface area contributed by atoms with Crippen LogP contribution in [0.25, 0.3) is 0 Å². The second kappa shape index (κ2) is 5.56. The fourth-order valence-corrected chi connectivity index (χ4v) is 2.71. The summed E-state index contributed by atoms with van der Waals surface area (Å²) in [7, 11) is 0. The summed E-state index contributed by atoms with van der Waals surface area (Å²) < 4.78 is 13.7. The Morgan fingerprint density at radius 2 is 2.18 bits per heavy atom. The van der Waals surface area contributed by atoms with E-state index in [0.29, 0.717) is 22.9 Å². The Morgan fingerprint density at radius 1 is 1.35 bits per heavy atom. The van der Waals surface area contributed by atoms with E-state index >= 15 is 0 Å². The number of thiophene rings is 1. The van der Waals surface area contributed by atoms with Crippen molar-refractivity contribution in [3.8, 4) is 0 Å². The maximum absolute atomic E-state index is 13.0. The number of ketones is 1. The van der Waals surface area contributed by atoms with Gasteiger partial charge in [-0.1, -0.05) is 15.9 Å². The van der Waals surface area contributed by atoms with Gasteiger partial charge in [0.15, 0.2) is 5.78 Å². The maximum atomic E-state index is 13.0. The van der Waals surface area contributed by atoms with Gasteiger partial charge in [-0.05, 0) is 47.0 Å². The van der Waals surface area contributed by atoms with Crippen molar-refractivity contribution in [1.82, 2.24) is 0 Å². The fourth-order valence-electron chi connectivity index (χ4n) is 1.54. The molecule has 0 aliphatic heterocycles. The third-order valence-corrected chi connectivity index (χ3v) is 3.87. The molecule has 1 heterocycles. The lowest BCUT2D eigenvalue weighted by atomic mass is 10.0. The molecular weight excluding hydrogens is 303 g/mol. The molecule has 0 N–H and O–H groups in total. The van der Waals surface area contributed by atoms with Gasteiger partial charge in [0.1, 0.15) is 5.82 Å². The van der Waals surface area contributed by atoms with Gasteiger partial charge in [-0.2, -0.15) is 11.3 Å². The average molecular weight is 313 g/mol. The molecular formula is C13H10BrFOS. The van der Waals surface area contributed by atoms with E-state index in [1.807, 2.05) is 16.8 Å². The summed E-state index contributed by atoms with van der Waals surface area (Å²) in [5.41, 5.74) is 1.57. The van der Waals surface area contributed by atoms with Crippen LogP contribution in [0, 0.1) is 5.82 Å². The van der Waals surface area contributed by atoms with E-state index in [4.69, 9.17) is 0 Å². The normalized spacial score (nSPS) is 10.5. The Kier molecular flexibility index (Phi) is 4.07. The second-order valence-electron chi connectivity index (χ2n) is 3.68. The van der Waals surface area contributed by atoms with Gasteiger partial charge in [-0.15, -0.1) is 0 Å². The van der Waals surface area contributed by atoms with Gasteiger partial charge in [0, 0.05) is 16.5 Å². The molecule has 0 atom stereocenters. The zero-order valence-corrected chi connectivity index (χ0v) is 11.4. The first-order chi connectivity index (χ1) is 8.16. The predicted molar refractivity (Wildman–Crippen MR) is 71.1 cm³/mol. The number of aryl methyl sites for hydroxylation is 1. The largest absolute Gasteiger partial charge is 0.294 e. The second-order valence-corrected chi connectivity index (χ2v) is 5.31. The van der Waals surface area contributed by atoms with Gasteiger partial charge < -0.3 is 0 Å². The van der Waals surface area contributed by atoms with E-state index in [0.717, 1.165) is 5.56 Å². The third-order valence-electron chi connectivity index (χ3n) is 2.45. The number of Topliss-reactive ketones (excluding diaryl/α,β-unsaturated/α-hetero) is 1. The van der Waals surface area contributed by atoms with Gasteiger partial charge >= 0.3 is 0 Å². The van der Waals surface area contributed by atoms with Crippen molar-refractivity contribution < 1.29 is 9.18 Å². The summed E-state index contributed by atoms with van der Waals surface area (Å²) in [6.07, 6.45) is 1.10. The van der Waals surface area contributed by atoms with Crippen LogP contribution in [0.4, 0.5) is 4.39 Å². The number of rotatable bonds is 4. The number of hydrogen-bond acceptors (Lipinski definition) is 2. The molecule has 0 spiro atoms. The van der Waals surface area contributed by atoms with Crippen LogP contribution in [-0.2, 0) is 6.42 Å². The van der Waals surface area contributed by atoms with Crippen molar-refractivity contribution in [3.05, 3.63) is 56.4 Å². The highest BCUT2D eigenvalue weighted by molar-refractivity contribution is 9.10. The van der Waals surface area contributed by atoms with Crippen LogP contribution in [0.3, 0.4) is 0 Å². The van der Waals surface area contributed by atoms with E-state index in [9.17, 15) is 9.18 Å². The van der Waals surface area contributed by atoms with Crippen molar-refractivity contribution in [2.24, 2.45) is 0 Å². The predicted octanol–water partition coefficient (Wildman–Crippen LogP) is 4.47. The minimum absolute atomic E-state index is 0.0393. The van der Waals surface area contributed by atoms with E-state index in [1.54, 1.807) is 17.4 Å². The first-order valence-corrected chi connectivity index (χ1v) is 6.90. The lowest BCUT2D eigenvalue weighted by Crippen LogP contribution is -2.02. The summed E-state index contributed by atoms with van der Waals surface area (Å²) in [6.45, 7) is 0. The molecule has 1 aromatic carbocycles. The molecule has 0 amide bonds. The number of hydrogen-bond donors (Lipinski definition) is 0. The molecule has 0 saturated heterocycles. The van der Waals surface area contributed by atoms with Crippen LogP contribution < -0.4 is 0 Å². The third kappa shape index (κ3) is 3.23. The SMILES string of the molecule is O=C(CCc1ccsc1)c1cc(F)ccc1Br. The molecule has 0 aliphatic rings. The Morgan fingerprint density at radius 3 is 2.88 bits per heavy atom. The Bertz CT molecular complexity index is 522. The van der Waals surface area contributed by atoms with Crippen LogP contribution in [0.2, 0.25) is 0 Å². The highest BCUT2D eigenvalue weighted by atomic mass is 79.9. The molecule has 2 rings (SSSR count). The lowest BCUT2D eigenvalue weighted by molar-refractivity contribution is 0.0981. The Hall–Kier alpha value is -1.00. The molecule has 88 valence electrons. The number of carbonyl (C=O) groups excluding carboxylic acids is 1. The zero-order chi connectivity index (χ0) is 12.3. The first-order valence-electron chi connectivity index (χ1n) is 5.16. The first kappa shape index (κ1) is 12.5. The van der Waals surface area contributed by atoms with Crippen molar-refractivity contribution >= 4 is 33.0 Å². The van der Waals surface area contributed by atoms with E-state index in [-0.39, 0.29) is 11.6 Å². The maximum Gasteiger partial charge on any atom is 0.164 e. The summed E-state index contributed by atoms with van der Waals surface area (Å²) in [5, 5.41) is 4.01. The van der Waals surface area contributed by atoms with Crippen LogP contribution in [-0.4, -0.2) is 5.78 Å². The van der Waals surface area contributed by atoms with Crippen LogP contribution in [0.1, 0.15) is 22.3 Å². The molecule has 1 aromatic heterocycles. The molecule has 17 heavy (non-hydrogen) atoms. The van der Waals surface area contributed by atoms with E-state index < -0.39 is 0 Å². The topological polar surface area (TPSA) is 17.1 Å². The molecule has 4 heteroatoms. The molecule has 2 aromatic rings. The van der Waals surface area contributed by atoms with Crippen molar-refractivity contribution in [2.45, 2.75) is 12.8 Å². The average Bonchev–Trinajstić information content (AvgIpc) is 2.82. The summed E-state index contributed by atoms with van der Waals surface area (Å²) in [4.78, 5) is 11.9. The number of halogens is 2. The quantitative estimate of drug-likeness (QED) is 0.761. The summed E-state index contributed by atoms with van der Waals surface area (Å²) in [5.74, 6) is -0.422. The molecule has 0 aliphatic carbocycles. The van der Waals surface area contributed by atoms with Crippen molar-refractivity contribution in [1.29, 1.82) is 0 Å². The van der Waals surface area contributed by atoms with Crippen molar-refractivity contribution in [2.75, 3.05) is 0 Å². The number of carbonyl (C=O) groups is 1. The zero-order valence-electron chi connectivity index (χ0n) is 8.95. The molecule has 0 bridgehead atoms. The van der Waals surface area contributed by atoms with Crippen LogP contribution in [0.5, 0.6) is 0 Å². The van der Waals surface area contributed by atoms with Gasteiger partial charge in [-0.3, -0.25) is 4.79 Å². The Balaban J connectivity index is 2.07. The summed E-state index contributed by atoms with van der Waals surface area (Å²) in [6, 6.07) is 6.17. The number of benzene rings is 1. The van der Waals surface area contributed by atoms with E-state index in [1.165, 1.54) is 12.1 Å². The standard InChI is InChI=1S/C13H10BrFOS/c14-12-3-2-10(15)7-11(12)13(16)4-1-9-5-6-17-8-9/h2-3,5-8H,1,4H2. The minimum Gasteiger partial charge on any atom is -0.294 e. The summed E-state index contributed by atoms with van der Waals surface area (Å²) >= 11 is 4.88. The molecule has 0 radical (unpaired) electrons.